The van der Waals surface area contributed by atoms with Gasteiger partial charge in [0.2, 0.25) is 0 Å². The van der Waals surface area contributed by atoms with Crippen LogP contribution in [-0.2, 0) is 22.3 Å². The number of aryl methyl sites for hydroxylation is 1. The fourth-order valence-electron chi connectivity index (χ4n) is 4.51. The molecule has 1 aliphatic rings. The minimum atomic E-state index is -0.0803. The van der Waals surface area contributed by atoms with Crippen molar-refractivity contribution in [2.24, 2.45) is 0 Å². The molecule has 0 amide bonds. The van der Waals surface area contributed by atoms with Crippen molar-refractivity contribution in [1.82, 2.24) is 10.2 Å². The number of rotatable bonds is 8. The Morgan fingerprint density at radius 2 is 1.74 bits per heavy atom. The van der Waals surface area contributed by atoms with E-state index in [9.17, 15) is 0 Å². The largest absolute Gasteiger partial charge is 0.353 e. The van der Waals surface area contributed by atoms with Crippen LogP contribution in [0.2, 0.25) is 0 Å². The van der Waals surface area contributed by atoms with Crippen molar-refractivity contribution >= 4 is 0 Å². The van der Waals surface area contributed by atoms with Crippen molar-refractivity contribution in [1.29, 1.82) is 0 Å². The molecule has 0 spiro atoms. The van der Waals surface area contributed by atoms with E-state index in [1.54, 1.807) is 0 Å². The molecule has 0 N–H and O–H groups in total. The Morgan fingerprint density at radius 1 is 0.882 bits per heavy atom. The van der Waals surface area contributed by atoms with E-state index < -0.39 is 0 Å². The van der Waals surface area contributed by atoms with E-state index in [1.165, 1.54) is 16.7 Å². The van der Waals surface area contributed by atoms with Gasteiger partial charge in [0.25, 0.3) is 0 Å². The molecule has 1 fully saturated rings. The van der Waals surface area contributed by atoms with Crippen LogP contribution in [0.3, 0.4) is 0 Å². The van der Waals surface area contributed by atoms with E-state index in [-0.39, 0.29) is 6.29 Å². The molecule has 1 aliphatic heterocycles. The van der Waals surface area contributed by atoms with Crippen LogP contribution in [0.1, 0.15) is 35.1 Å². The summed E-state index contributed by atoms with van der Waals surface area (Å²) in [6.07, 6.45) is 3.57. The van der Waals surface area contributed by atoms with Gasteiger partial charge in [-0.1, -0.05) is 78.4 Å². The van der Waals surface area contributed by atoms with Gasteiger partial charge in [0.1, 0.15) is 0 Å². The molecule has 1 atom stereocenters. The number of nitrogens with zero attached hydrogens (tertiary/aromatic N) is 2. The van der Waals surface area contributed by atoms with E-state index >= 15 is 0 Å². The first-order valence-electron chi connectivity index (χ1n) is 12.1. The average Bonchev–Trinajstić information content (AvgIpc) is 3.39. The Hall–Kier alpha value is -3.34. The molecule has 0 radical (unpaired) electrons. The number of hydrogen-bond acceptors (Lipinski definition) is 4. The van der Waals surface area contributed by atoms with Crippen molar-refractivity contribution in [3.63, 3.8) is 0 Å². The number of aromatic nitrogens is 2. The van der Waals surface area contributed by atoms with Crippen LogP contribution in [-0.4, -0.2) is 29.7 Å². The van der Waals surface area contributed by atoms with Gasteiger partial charge in [-0.2, -0.15) is 0 Å². The second-order valence-corrected chi connectivity index (χ2v) is 8.86. The maximum absolute atomic E-state index is 6.00. The zero-order valence-corrected chi connectivity index (χ0v) is 19.6. The summed E-state index contributed by atoms with van der Waals surface area (Å²) in [4.78, 5) is 0. The van der Waals surface area contributed by atoms with Gasteiger partial charge in [0.05, 0.1) is 18.0 Å². The monoisotopic (exact) mass is 450 g/mol. The highest BCUT2D eigenvalue weighted by atomic mass is 16.7. The lowest BCUT2D eigenvalue weighted by atomic mass is 9.96. The fourth-order valence-corrected chi connectivity index (χ4v) is 4.51. The second kappa shape index (κ2) is 10.7. The van der Waals surface area contributed by atoms with Gasteiger partial charge in [0.15, 0.2) is 6.29 Å². The van der Waals surface area contributed by atoms with Crippen molar-refractivity contribution in [2.75, 3.05) is 13.2 Å². The van der Waals surface area contributed by atoms with E-state index in [0.29, 0.717) is 6.61 Å². The minimum Gasteiger partial charge on any atom is -0.353 e. The minimum absolute atomic E-state index is 0.0803. The average molecular weight is 451 g/mol. The maximum atomic E-state index is 6.00. The van der Waals surface area contributed by atoms with Gasteiger partial charge >= 0.3 is 0 Å². The normalized spacial score (nSPS) is 15.5. The molecule has 4 aromatic rings. The molecule has 0 aliphatic carbocycles. The Labute approximate surface area is 201 Å². The Morgan fingerprint density at radius 3 is 2.56 bits per heavy atom. The first-order valence-corrected chi connectivity index (χ1v) is 12.1. The zero-order chi connectivity index (χ0) is 23.2. The highest BCUT2D eigenvalue weighted by molar-refractivity contribution is 5.69. The van der Waals surface area contributed by atoms with Crippen LogP contribution in [0.15, 0.2) is 84.9 Å². The number of hydrogen-bond donors (Lipinski definition) is 0. The van der Waals surface area contributed by atoms with E-state index in [1.807, 2.05) is 0 Å². The van der Waals surface area contributed by atoms with Crippen molar-refractivity contribution in [3.8, 4) is 22.5 Å². The number of benzene rings is 3. The van der Waals surface area contributed by atoms with Gasteiger partial charge in [-0.15, -0.1) is 10.2 Å². The van der Waals surface area contributed by atoms with Crippen LogP contribution in [0, 0.1) is 6.92 Å². The molecule has 5 rings (SSSR count). The molecule has 0 saturated carbocycles. The maximum Gasteiger partial charge on any atom is 0.157 e. The summed E-state index contributed by atoms with van der Waals surface area (Å²) in [5.74, 6) is 0. The molecule has 172 valence electrons. The highest BCUT2D eigenvalue weighted by Crippen LogP contribution is 2.29. The SMILES string of the molecule is Cc1cccc(-c2nnc(-c3ccccc3Cc3ccccc3)cc2CCOC2CCCO2)c1. The molecule has 4 heteroatoms. The van der Waals surface area contributed by atoms with E-state index in [2.05, 4.69) is 97.0 Å². The smallest absolute Gasteiger partial charge is 0.157 e. The molecule has 1 aromatic heterocycles. The first kappa shape index (κ1) is 22.5. The predicted molar refractivity (Wildman–Crippen MR) is 136 cm³/mol. The third-order valence-corrected chi connectivity index (χ3v) is 6.26. The van der Waals surface area contributed by atoms with Crippen LogP contribution in [0.4, 0.5) is 0 Å². The second-order valence-electron chi connectivity index (χ2n) is 8.86. The molecule has 0 bridgehead atoms. The Balaban J connectivity index is 1.47. The lowest BCUT2D eigenvalue weighted by molar-refractivity contribution is -0.109. The van der Waals surface area contributed by atoms with Crippen LogP contribution in [0.25, 0.3) is 22.5 Å². The summed E-state index contributed by atoms with van der Waals surface area (Å²) in [7, 11) is 0. The Bertz CT molecular complexity index is 1230. The molecule has 4 nitrogen and oxygen atoms in total. The number of ether oxygens (including phenoxy) is 2. The zero-order valence-electron chi connectivity index (χ0n) is 19.6. The van der Waals surface area contributed by atoms with E-state index in [4.69, 9.17) is 14.6 Å². The standard InChI is InChI=1S/C30H30N2O2/c1-22-9-7-13-25(19-22)30-26(16-18-34-29-15-8-17-33-29)21-28(31-32-30)27-14-6-5-12-24(27)20-23-10-3-2-4-11-23/h2-7,9-14,19,21,29H,8,15-18,20H2,1H3. The quantitative estimate of drug-likeness (QED) is 0.311. The lowest BCUT2D eigenvalue weighted by Gasteiger charge is -2.15. The molecular formula is C30H30N2O2. The predicted octanol–water partition coefficient (Wildman–Crippen LogP) is 6.41. The van der Waals surface area contributed by atoms with Crippen LogP contribution >= 0.6 is 0 Å². The molecular weight excluding hydrogens is 420 g/mol. The van der Waals surface area contributed by atoms with Crippen LogP contribution < -0.4 is 0 Å². The molecule has 3 aromatic carbocycles. The summed E-state index contributed by atoms with van der Waals surface area (Å²) >= 11 is 0. The summed E-state index contributed by atoms with van der Waals surface area (Å²) in [6.45, 7) is 3.49. The van der Waals surface area contributed by atoms with Gasteiger partial charge in [-0.25, -0.2) is 0 Å². The van der Waals surface area contributed by atoms with Gasteiger partial charge in [-0.05, 0) is 55.0 Å². The van der Waals surface area contributed by atoms with Crippen molar-refractivity contribution < 1.29 is 9.47 Å². The third kappa shape index (κ3) is 5.41. The summed E-state index contributed by atoms with van der Waals surface area (Å²) in [6, 6.07) is 29.7. The van der Waals surface area contributed by atoms with Gasteiger partial charge in [-0.3, -0.25) is 0 Å². The van der Waals surface area contributed by atoms with Crippen LogP contribution in [0.5, 0.6) is 0 Å². The third-order valence-electron chi connectivity index (χ3n) is 6.26. The Kier molecular flexibility index (Phi) is 7.08. The molecule has 34 heavy (non-hydrogen) atoms. The van der Waals surface area contributed by atoms with Gasteiger partial charge in [0, 0.05) is 24.2 Å². The molecule has 1 saturated heterocycles. The van der Waals surface area contributed by atoms with E-state index in [0.717, 1.165) is 60.4 Å². The van der Waals surface area contributed by atoms with Crippen molar-refractivity contribution in [3.05, 3.63) is 107 Å². The summed E-state index contributed by atoms with van der Waals surface area (Å²) in [5, 5.41) is 9.42. The summed E-state index contributed by atoms with van der Waals surface area (Å²) < 4.78 is 11.6. The fraction of sp³-hybridized carbons (Fsp3) is 0.267. The van der Waals surface area contributed by atoms with Gasteiger partial charge < -0.3 is 9.47 Å². The summed E-state index contributed by atoms with van der Waals surface area (Å²) in [5.41, 5.74) is 8.90. The molecule has 2 heterocycles. The highest BCUT2D eigenvalue weighted by Gasteiger charge is 2.17. The molecule has 1 unspecified atom stereocenters. The topological polar surface area (TPSA) is 44.2 Å². The first-order chi connectivity index (χ1) is 16.8. The lowest BCUT2D eigenvalue weighted by Crippen LogP contribution is -2.13. The van der Waals surface area contributed by atoms with Crippen molar-refractivity contribution in [2.45, 2.75) is 38.9 Å².